The lowest BCUT2D eigenvalue weighted by Gasteiger charge is -2.07. The summed E-state index contributed by atoms with van der Waals surface area (Å²) in [6.45, 7) is 2.09. The molecule has 0 radical (unpaired) electrons. The van der Waals surface area contributed by atoms with E-state index in [0.717, 1.165) is 0 Å². The Morgan fingerprint density at radius 3 is 2.88 bits per heavy atom. The topological polar surface area (TPSA) is 90.4 Å². The standard InChI is InChI=1S/C9H11N3O3S/c1-2-15-8-5-6(11-9(10)16)3-4-7(8)12(13)14/h3-5H,2H2,1H3,(H3,10,11,16). The summed E-state index contributed by atoms with van der Waals surface area (Å²) < 4.78 is 5.15. The van der Waals surface area contributed by atoms with Crippen molar-refractivity contribution in [3.8, 4) is 5.75 Å². The first-order chi connectivity index (χ1) is 7.54. The molecule has 0 aliphatic rings. The molecule has 0 aliphatic heterocycles. The van der Waals surface area contributed by atoms with Gasteiger partial charge in [-0.15, -0.1) is 0 Å². The smallest absolute Gasteiger partial charge is 0.311 e. The number of rotatable bonds is 4. The summed E-state index contributed by atoms with van der Waals surface area (Å²) in [6, 6.07) is 4.34. The van der Waals surface area contributed by atoms with Crippen LogP contribution >= 0.6 is 12.2 Å². The predicted octanol–water partition coefficient (Wildman–Crippen LogP) is 1.65. The Morgan fingerprint density at radius 1 is 1.69 bits per heavy atom. The van der Waals surface area contributed by atoms with E-state index in [9.17, 15) is 10.1 Å². The summed E-state index contributed by atoms with van der Waals surface area (Å²) in [5.74, 6) is 0.189. The van der Waals surface area contributed by atoms with Gasteiger partial charge < -0.3 is 15.8 Å². The van der Waals surface area contributed by atoms with Crippen molar-refractivity contribution in [3.05, 3.63) is 28.3 Å². The van der Waals surface area contributed by atoms with E-state index in [1.54, 1.807) is 6.92 Å². The van der Waals surface area contributed by atoms with Gasteiger partial charge in [0.2, 0.25) is 0 Å². The maximum Gasteiger partial charge on any atom is 0.311 e. The second-order valence-corrected chi connectivity index (χ2v) is 3.30. The first-order valence-electron chi connectivity index (χ1n) is 4.52. The molecular weight excluding hydrogens is 230 g/mol. The summed E-state index contributed by atoms with van der Waals surface area (Å²) in [5, 5.41) is 13.5. The van der Waals surface area contributed by atoms with Gasteiger partial charge >= 0.3 is 5.69 Å². The Bertz CT molecular complexity index is 422. The first-order valence-corrected chi connectivity index (χ1v) is 4.93. The van der Waals surface area contributed by atoms with Crippen LogP contribution in [0.15, 0.2) is 18.2 Å². The normalized spacial score (nSPS) is 9.56. The molecule has 1 aromatic carbocycles. The number of hydrogen-bond donors (Lipinski definition) is 2. The van der Waals surface area contributed by atoms with Gasteiger partial charge in [0.15, 0.2) is 10.9 Å². The van der Waals surface area contributed by atoms with Crippen LogP contribution in [-0.4, -0.2) is 16.6 Å². The highest BCUT2D eigenvalue weighted by molar-refractivity contribution is 7.80. The molecule has 6 nitrogen and oxygen atoms in total. The third-order valence-corrected chi connectivity index (χ3v) is 1.83. The number of thiocarbonyl (C=S) groups is 1. The lowest BCUT2D eigenvalue weighted by molar-refractivity contribution is -0.385. The van der Waals surface area contributed by atoms with Crippen molar-refractivity contribution in [3.63, 3.8) is 0 Å². The largest absolute Gasteiger partial charge is 0.487 e. The molecule has 0 bridgehead atoms. The van der Waals surface area contributed by atoms with Gasteiger partial charge in [-0.3, -0.25) is 10.1 Å². The molecule has 0 spiro atoms. The summed E-state index contributed by atoms with van der Waals surface area (Å²) in [5.41, 5.74) is 5.76. The highest BCUT2D eigenvalue weighted by Gasteiger charge is 2.15. The molecule has 0 aromatic heterocycles. The van der Waals surface area contributed by atoms with E-state index in [0.29, 0.717) is 12.3 Å². The van der Waals surface area contributed by atoms with Crippen LogP contribution in [-0.2, 0) is 0 Å². The number of nitrogens with one attached hydrogen (secondary N) is 1. The summed E-state index contributed by atoms with van der Waals surface area (Å²) in [6.07, 6.45) is 0. The van der Waals surface area contributed by atoms with Crippen LogP contribution in [0.2, 0.25) is 0 Å². The molecule has 0 saturated carbocycles. The van der Waals surface area contributed by atoms with Crippen LogP contribution in [0, 0.1) is 10.1 Å². The van der Waals surface area contributed by atoms with Gasteiger partial charge in [0, 0.05) is 17.8 Å². The molecule has 3 N–H and O–H groups in total. The van der Waals surface area contributed by atoms with E-state index in [-0.39, 0.29) is 16.5 Å². The fraction of sp³-hybridized carbons (Fsp3) is 0.222. The number of ether oxygens (including phenoxy) is 1. The quantitative estimate of drug-likeness (QED) is 0.473. The maximum absolute atomic E-state index is 10.7. The van der Waals surface area contributed by atoms with E-state index in [4.69, 9.17) is 10.5 Å². The fourth-order valence-corrected chi connectivity index (χ4v) is 1.27. The van der Waals surface area contributed by atoms with E-state index in [1.165, 1.54) is 18.2 Å². The van der Waals surface area contributed by atoms with Crippen molar-refractivity contribution in [2.24, 2.45) is 5.73 Å². The minimum absolute atomic E-state index is 0.0876. The van der Waals surface area contributed by atoms with Crippen LogP contribution in [0.25, 0.3) is 0 Å². The van der Waals surface area contributed by atoms with Gasteiger partial charge in [0.25, 0.3) is 0 Å². The van der Waals surface area contributed by atoms with E-state index >= 15 is 0 Å². The number of nitro benzene ring substituents is 1. The molecule has 0 aliphatic carbocycles. The predicted molar refractivity (Wildman–Crippen MR) is 64.7 cm³/mol. The summed E-state index contributed by atoms with van der Waals surface area (Å²) in [4.78, 5) is 10.2. The Labute approximate surface area is 97.5 Å². The van der Waals surface area contributed by atoms with Gasteiger partial charge in [-0.25, -0.2) is 0 Å². The molecule has 0 amide bonds. The van der Waals surface area contributed by atoms with Gasteiger partial charge in [0.05, 0.1) is 11.5 Å². The third kappa shape index (κ3) is 3.06. The van der Waals surface area contributed by atoms with E-state index in [2.05, 4.69) is 17.5 Å². The number of anilines is 1. The number of nitrogens with zero attached hydrogens (tertiary/aromatic N) is 1. The maximum atomic E-state index is 10.7. The minimum Gasteiger partial charge on any atom is -0.487 e. The lowest BCUT2D eigenvalue weighted by atomic mass is 10.2. The van der Waals surface area contributed by atoms with Crippen LogP contribution in [0.5, 0.6) is 5.75 Å². The number of nitrogens with two attached hydrogens (primary N) is 1. The van der Waals surface area contributed by atoms with Gasteiger partial charge in [-0.2, -0.15) is 0 Å². The number of benzene rings is 1. The molecule has 0 unspecified atom stereocenters. The van der Waals surface area contributed by atoms with E-state index in [1.807, 2.05) is 0 Å². The summed E-state index contributed by atoms with van der Waals surface area (Å²) >= 11 is 4.66. The molecule has 1 rings (SSSR count). The first kappa shape index (κ1) is 12.2. The summed E-state index contributed by atoms with van der Waals surface area (Å²) in [7, 11) is 0. The van der Waals surface area contributed by atoms with E-state index < -0.39 is 4.92 Å². The van der Waals surface area contributed by atoms with Crippen molar-refractivity contribution >= 4 is 28.7 Å². The Morgan fingerprint density at radius 2 is 2.38 bits per heavy atom. The van der Waals surface area contributed by atoms with Crippen molar-refractivity contribution in [1.82, 2.24) is 0 Å². The zero-order valence-electron chi connectivity index (χ0n) is 8.60. The van der Waals surface area contributed by atoms with Crippen molar-refractivity contribution in [2.45, 2.75) is 6.92 Å². The molecule has 1 aromatic rings. The van der Waals surface area contributed by atoms with Gasteiger partial charge in [-0.05, 0) is 25.2 Å². The van der Waals surface area contributed by atoms with Crippen LogP contribution < -0.4 is 15.8 Å². The monoisotopic (exact) mass is 241 g/mol. The lowest BCUT2D eigenvalue weighted by Crippen LogP contribution is -2.18. The van der Waals surface area contributed by atoms with Crippen LogP contribution in [0.1, 0.15) is 6.92 Å². The third-order valence-electron chi connectivity index (χ3n) is 1.72. The van der Waals surface area contributed by atoms with Crippen LogP contribution in [0.4, 0.5) is 11.4 Å². The molecule has 86 valence electrons. The Kier molecular flexibility index (Phi) is 4.01. The average Bonchev–Trinajstić information content (AvgIpc) is 2.17. The molecule has 0 atom stereocenters. The van der Waals surface area contributed by atoms with Crippen molar-refractivity contribution in [2.75, 3.05) is 11.9 Å². The number of hydrogen-bond acceptors (Lipinski definition) is 4. The van der Waals surface area contributed by atoms with Gasteiger partial charge in [0.1, 0.15) is 0 Å². The zero-order chi connectivity index (χ0) is 12.1. The number of nitro groups is 1. The molecular formula is C9H11N3O3S. The highest BCUT2D eigenvalue weighted by atomic mass is 32.1. The molecule has 0 fully saturated rings. The minimum atomic E-state index is -0.504. The molecule has 0 saturated heterocycles. The second-order valence-electron chi connectivity index (χ2n) is 2.86. The fourth-order valence-electron chi connectivity index (χ4n) is 1.16. The Balaban J connectivity index is 3.06. The van der Waals surface area contributed by atoms with Crippen molar-refractivity contribution < 1.29 is 9.66 Å². The Hall–Kier alpha value is -1.89. The zero-order valence-corrected chi connectivity index (χ0v) is 9.41. The highest BCUT2D eigenvalue weighted by Crippen LogP contribution is 2.29. The van der Waals surface area contributed by atoms with Gasteiger partial charge in [-0.1, -0.05) is 0 Å². The molecule has 16 heavy (non-hydrogen) atoms. The van der Waals surface area contributed by atoms with Crippen LogP contribution in [0.3, 0.4) is 0 Å². The van der Waals surface area contributed by atoms with Crippen molar-refractivity contribution in [1.29, 1.82) is 0 Å². The molecule has 7 heteroatoms. The SMILES string of the molecule is CCOc1cc(NC(N)=S)ccc1[N+](=O)[O-]. The second kappa shape index (κ2) is 5.26. The molecule has 0 heterocycles. The average molecular weight is 241 g/mol.